The van der Waals surface area contributed by atoms with Crippen LogP contribution in [0.3, 0.4) is 0 Å². The van der Waals surface area contributed by atoms with Crippen molar-refractivity contribution in [1.29, 1.82) is 0 Å². The van der Waals surface area contributed by atoms with Gasteiger partial charge in [-0.3, -0.25) is 9.59 Å². The van der Waals surface area contributed by atoms with Crippen LogP contribution in [0.2, 0.25) is 0 Å². The molecule has 1 aromatic rings. The van der Waals surface area contributed by atoms with Gasteiger partial charge < -0.3 is 24.2 Å². The first-order chi connectivity index (χ1) is 11.6. The van der Waals surface area contributed by atoms with Gasteiger partial charge in [0.2, 0.25) is 0 Å². The molecule has 8 heteroatoms. The average molecular weight is 334 g/mol. The Kier molecular flexibility index (Phi) is 3.56. The Morgan fingerprint density at radius 2 is 2.08 bits per heavy atom. The monoisotopic (exact) mass is 334 g/mol. The first kappa shape index (κ1) is 15.2. The van der Waals surface area contributed by atoms with Crippen LogP contribution in [0.5, 0.6) is 11.6 Å². The van der Waals surface area contributed by atoms with Crippen molar-refractivity contribution in [3.63, 3.8) is 0 Å². The van der Waals surface area contributed by atoms with E-state index in [0.717, 1.165) is 0 Å². The molecule has 0 radical (unpaired) electrons. The molecule has 0 spiro atoms. The van der Waals surface area contributed by atoms with Crippen molar-refractivity contribution in [3.8, 4) is 11.6 Å². The molecule has 4 rings (SSSR count). The van der Waals surface area contributed by atoms with E-state index >= 15 is 0 Å². The molecule has 3 aliphatic rings. The van der Waals surface area contributed by atoms with Crippen LogP contribution in [0, 0.1) is 11.3 Å². The van der Waals surface area contributed by atoms with Gasteiger partial charge in [-0.15, -0.1) is 0 Å². The van der Waals surface area contributed by atoms with Gasteiger partial charge in [-0.25, -0.2) is 4.98 Å². The second-order valence-corrected chi connectivity index (χ2v) is 6.38. The van der Waals surface area contributed by atoms with E-state index in [4.69, 9.17) is 14.2 Å². The molecule has 1 aromatic heterocycles. The van der Waals surface area contributed by atoms with Crippen LogP contribution in [0.4, 0.5) is 0 Å². The Balaban J connectivity index is 1.58. The van der Waals surface area contributed by atoms with Gasteiger partial charge in [-0.05, 0) is 24.5 Å². The lowest BCUT2D eigenvalue weighted by atomic mass is 9.76. The van der Waals surface area contributed by atoms with E-state index in [1.54, 1.807) is 17.0 Å². The molecule has 0 unspecified atom stereocenters. The van der Waals surface area contributed by atoms with Gasteiger partial charge in [0, 0.05) is 19.7 Å². The van der Waals surface area contributed by atoms with Crippen molar-refractivity contribution < 1.29 is 28.9 Å². The Hall–Kier alpha value is -2.35. The van der Waals surface area contributed by atoms with E-state index in [9.17, 15) is 14.7 Å². The third-order valence-corrected chi connectivity index (χ3v) is 5.00. The maximum absolute atomic E-state index is 12.8. The number of pyridine rings is 1. The van der Waals surface area contributed by atoms with Crippen LogP contribution in [0.25, 0.3) is 0 Å². The number of hydrogen-bond acceptors (Lipinski definition) is 6. The van der Waals surface area contributed by atoms with E-state index in [1.165, 1.54) is 0 Å². The Morgan fingerprint density at radius 1 is 1.25 bits per heavy atom. The maximum Gasteiger partial charge on any atom is 0.314 e. The average Bonchev–Trinajstić information content (AvgIpc) is 3.02. The van der Waals surface area contributed by atoms with E-state index in [1.807, 2.05) is 0 Å². The number of rotatable bonds is 2. The molecule has 2 saturated heterocycles. The van der Waals surface area contributed by atoms with Gasteiger partial charge in [0.1, 0.15) is 24.3 Å². The third kappa shape index (κ3) is 2.29. The minimum atomic E-state index is -1.01. The van der Waals surface area contributed by atoms with Gasteiger partial charge in [0.15, 0.2) is 5.75 Å². The van der Waals surface area contributed by atoms with E-state index in [-0.39, 0.29) is 30.7 Å². The van der Waals surface area contributed by atoms with E-state index in [2.05, 4.69) is 4.98 Å². The number of carboxylic acids is 1. The predicted molar refractivity (Wildman–Crippen MR) is 80.1 cm³/mol. The second kappa shape index (κ2) is 5.62. The Labute approximate surface area is 138 Å². The van der Waals surface area contributed by atoms with Crippen LogP contribution in [-0.4, -0.2) is 66.4 Å². The number of fused-ring (bicyclic) bond motifs is 2. The third-order valence-electron chi connectivity index (χ3n) is 5.00. The van der Waals surface area contributed by atoms with Gasteiger partial charge in [0.05, 0.1) is 6.61 Å². The summed E-state index contributed by atoms with van der Waals surface area (Å²) in [5, 5.41) is 9.66. The van der Waals surface area contributed by atoms with Gasteiger partial charge in [-0.1, -0.05) is 0 Å². The summed E-state index contributed by atoms with van der Waals surface area (Å²) in [5.74, 6) is -0.465. The fourth-order valence-corrected chi connectivity index (χ4v) is 3.66. The highest BCUT2D eigenvalue weighted by atomic mass is 16.6. The fourth-order valence-electron chi connectivity index (χ4n) is 3.66. The molecular formula is C16H18N2O6. The summed E-state index contributed by atoms with van der Waals surface area (Å²) < 4.78 is 16.2. The first-order valence-electron chi connectivity index (χ1n) is 7.97. The molecule has 2 atom stereocenters. The Bertz CT molecular complexity index is 693. The molecule has 1 N–H and O–H groups in total. The number of nitrogens with zero attached hydrogens (tertiary/aromatic N) is 2. The van der Waals surface area contributed by atoms with E-state index < -0.39 is 11.4 Å². The zero-order chi connectivity index (χ0) is 16.7. The summed E-state index contributed by atoms with van der Waals surface area (Å²) in [6.07, 6.45) is 0.643. The minimum absolute atomic E-state index is 0.0927. The number of carbonyl (C=O) groups is 2. The lowest BCUT2D eigenvalue weighted by Crippen LogP contribution is -2.46. The zero-order valence-corrected chi connectivity index (χ0v) is 13.1. The molecule has 0 bridgehead atoms. The summed E-state index contributed by atoms with van der Waals surface area (Å²) >= 11 is 0. The number of aliphatic carboxylic acids is 1. The quantitative estimate of drug-likeness (QED) is 0.837. The number of amides is 1. The summed E-state index contributed by atoms with van der Waals surface area (Å²) in [5.41, 5.74) is -0.777. The van der Waals surface area contributed by atoms with Crippen LogP contribution in [0.15, 0.2) is 12.1 Å². The van der Waals surface area contributed by atoms with Crippen molar-refractivity contribution >= 4 is 11.9 Å². The van der Waals surface area contributed by atoms with Crippen molar-refractivity contribution in [2.24, 2.45) is 11.3 Å². The maximum atomic E-state index is 12.8. The first-order valence-corrected chi connectivity index (χ1v) is 7.97. The zero-order valence-electron chi connectivity index (χ0n) is 13.1. The molecule has 2 fully saturated rings. The number of ether oxygens (including phenoxy) is 3. The van der Waals surface area contributed by atoms with Gasteiger partial charge in [0.25, 0.3) is 11.8 Å². The molecule has 24 heavy (non-hydrogen) atoms. The SMILES string of the molecule is O=C(c1ccc2c(n1)OCCO2)N1C[C@H]2CCOC[C@@]2(C(=O)O)C1. The van der Waals surface area contributed by atoms with Crippen molar-refractivity contribution in [1.82, 2.24) is 9.88 Å². The molecule has 3 aliphatic heterocycles. The Morgan fingerprint density at radius 3 is 2.88 bits per heavy atom. The number of aromatic nitrogens is 1. The molecule has 0 aromatic carbocycles. The molecular weight excluding hydrogens is 316 g/mol. The predicted octanol–water partition coefficient (Wildman–Crippen LogP) is 0.416. The topological polar surface area (TPSA) is 98.2 Å². The fraction of sp³-hybridized carbons (Fsp3) is 0.562. The molecule has 1 amide bonds. The summed E-state index contributed by atoms with van der Waals surface area (Å²) in [7, 11) is 0. The normalized spacial score (nSPS) is 28.3. The number of likely N-dealkylation sites (tertiary alicyclic amines) is 1. The smallest absolute Gasteiger partial charge is 0.314 e. The summed E-state index contributed by atoms with van der Waals surface area (Å²) in [6.45, 7) is 2.07. The van der Waals surface area contributed by atoms with Gasteiger partial charge >= 0.3 is 5.97 Å². The molecule has 0 saturated carbocycles. The van der Waals surface area contributed by atoms with Crippen molar-refractivity contribution in [2.45, 2.75) is 6.42 Å². The summed E-state index contributed by atoms with van der Waals surface area (Å²) in [4.78, 5) is 30.3. The van der Waals surface area contributed by atoms with Crippen LogP contribution < -0.4 is 9.47 Å². The highest BCUT2D eigenvalue weighted by Gasteiger charge is 2.55. The van der Waals surface area contributed by atoms with Crippen LogP contribution >= 0.6 is 0 Å². The van der Waals surface area contributed by atoms with Crippen LogP contribution in [0.1, 0.15) is 16.9 Å². The summed E-state index contributed by atoms with van der Waals surface area (Å²) in [6, 6.07) is 3.25. The highest BCUT2D eigenvalue weighted by Crippen LogP contribution is 2.42. The molecule has 8 nitrogen and oxygen atoms in total. The highest BCUT2D eigenvalue weighted by molar-refractivity contribution is 5.93. The molecule has 128 valence electrons. The molecule has 0 aliphatic carbocycles. The van der Waals surface area contributed by atoms with Gasteiger partial charge in [-0.2, -0.15) is 0 Å². The standard InChI is InChI=1S/C16H18N2O6/c19-14(11-1-2-12-13(17-11)24-6-5-23-12)18-7-10-3-4-22-9-16(10,8-18)15(20)21/h1-2,10H,3-9H2,(H,20,21)/t10-,16+/m1/s1. The molecule has 4 heterocycles. The van der Waals surface area contributed by atoms with Crippen LogP contribution in [-0.2, 0) is 9.53 Å². The lowest BCUT2D eigenvalue weighted by Gasteiger charge is -2.33. The van der Waals surface area contributed by atoms with Crippen molar-refractivity contribution in [2.75, 3.05) is 39.5 Å². The minimum Gasteiger partial charge on any atom is -0.484 e. The van der Waals surface area contributed by atoms with E-state index in [0.29, 0.717) is 44.4 Å². The largest absolute Gasteiger partial charge is 0.484 e. The number of hydrogen-bond donors (Lipinski definition) is 1. The number of carbonyl (C=O) groups excluding carboxylic acids is 1. The second-order valence-electron chi connectivity index (χ2n) is 6.38. The van der Waals surface area contributed by atoms with Crippen molar-refractivity contribution in [3.05, 3.63) is 17.8 Å². The number of carboxylic acid groups (broad SMARTS) is 1. The lowest BCUT2D eigenvalue weighted by molar-refractivity contribution is -0.159.